The van der Waals surface area contributed by atoms with Crippen LogP contribution in [0.1, 0.15) is 24.2 Å². The van der Waals surface area contributed by atoms with Gasteiger partial charge in [-0.05, 0) is 44.4 Å². The summed E-state index contributed by atoms with van der Waals surface area (Å²) in [5.41, 5.74) is 2.11. The summed E-state index contributed by atoms with van der Waals surface area (Å²) in [7, 11) is 0. The van der Waals surface area contributed by atoms with E-state index >= 15 is 0 Å². The van der Waals surface area contributed by atoms with Crippen LogP contribution in [0.25, 0.3) is 11.5 Å². The molecule has 0 radical (unpaired) electrons. The molecule has 1 aliphatic heterocycles. The number of aromatic amines is 1. The van der Waals surface area contributed by atoms with Crippen molar-refractivity contribution in [3.05, 3.63) is 29.7 Å². The van der Waals surface area contributed by atoms with E-state index in [1.807, 2.05) is 25.3 Å². The molecule has 0 bridgehead atoms. The van der Waals surface area contributed by atoms with Crippen LogP contribution in [-0.4, -0.2) is 30.0 Å². The summed E-state index contributed by atoms with van der Waals surface area (Å²) < 4.78 is 11.0. The van der Waals surface area contributed by atoms with Crippen LogP contribution in [0.5, 0.6) is 0 Å². The van der Waals surface area contributed by atoms with Crippen LogP contribution in [-0.2, 0) is 11.3 Å². The number of nitrogens with zero attached hydrogens (tertiary/aromatic N) is 1. The topological polar surface area (TPSA) is 63.1 Å². The van der Waals surface area contributed by atoms with Crippen LogP contribution in [0.3, 0.4) is 0 Å². The number of ether oxygens (including phenoxy) is 1. The molecule has 2 aromatic rings. The fraction of sp³-hybridized carbons (Fsp3) is 0.533. The number of nitrogens with one attached hydrogen (secondary N) is 2. The zero-order chi connectivity index (χ0) is 13.8. The lowest BCUT2D eigenvalue weighted by Crippen LogP contribution is -2.27. The molecular formula is C15H21N3O2. The molecule has 0 saturated carbocycles. The van der Waals surface area contributed by atoms with Gasteiger partial charge < -0.3 is 14.5 Å². The van der Waals surface area contributed by atoms with Crippen molar-refractivity contribution in [1.82, 2.24) is 15.5 Å². The van der Waals surface area contributed by atoms with Crippen molar-refractivity contribution in [3.8, 4) is 11.5 Å². The van der Waals surface area contributed by atoms with Gasteiger partial charge in [0.1, 0.15) is 11.5 Å². The van der Waals surface area contributed by atoms with Crippen LogP contribution in [0.2, 0.25) is 0 Å². The maximum atomic E-state index is 5.65. The minimum Gasteiger partial charge on any atom is -0.460 e. The van der Waals surface area contributed by atoms with Crippen LogP contribution >= 0.6 is 0 Å². The lowest BCUT2D eigenvalue weighted by Gasteiger charge is -2.22. The number of hydrogen-bond acceptors (Lipinski definition) is 4. The maximum absolute atomic E-state index is 5.65. The van der Waals surface area contributed by atoms with Gasteiger partial charge >= 0.3 is 0 Å². The van der Waals surface area contributed by atoms with Crippen LogP contribution < -0.4 is 5.32 Å². The van der Waals surface area contributed by atoms with Gasteiger partial charge in [0, 0.05) is 25.3 Å². The van der Waals surface area contributed by atoms with Crippen molar-refractivity contribution in [2.75, 3.05) is 19.8 Å². The van der Waals surface area contributed by atoms with Crippen molar-refractivity contribution in [2.45, 2.75) is 26.3 Å². The summed E-state index contributed by atoms with van der Waals surface area (Å²) >= 11 is 0. The van der Waals surface area contributed by atoms with E-state index in [1.54, 1.807) is 0 Å². The minimum absolute atomic E-state index is 0.727. The van der Waals surface area contributed by atoms with Gasteiger partial charge in [0.2, 0.25) is 0 Å². The Labute approximate surface area is 118 Å². The smallest absolute Gasteiger partial charge is 0.152 e. The van der Waals surface area contributed by atoms with E-state index < -0.39 is 0 Å². The zero-order valence-corrected chi connectivity index (χ0v) is 11.8. The molecule has 3 rings (SSSR count). The summed E-state index contributed by atoms with van der Waals surface area (Å²) in [5, 5.41) is 10.7. The fourth-order valence-corrected chi connectivity index (χ4v) is 2.59. The summed E-state index contributed by atoms with van der Waals surface area (Å²) in [6, 6.07) is 3.94. The number of furan rings is 1. The third kappa shape index (κ3) is 3.11. The lowest BCUT2D eigenvalue weighted by molar-refractivity contribution is 0.0662. The first-order valence-corrected chi connectivity index (χ1v) is 7.20. The molecule has 1 fully saturated rings. The Morgan fingerprint density at radius 2 is 2.20 bits per heavy atom. The SMILES string of the molecule is Cc1ccc(-c2[nH]ncc2CNCC2CCOCC2)o1. The second-order valence-electron chi connectivity index (χ2n) is 5.37. The van der Waals surface area contributed by atoms with Crippen LogP contribution in [0.15, 0.2) is 22.7 Å². The van der Waals surface area contributed by atoms with Crippen LogP contribution in [0.4, 0.5) is 0 Å². The molecule has 1 aliphatic rings. The van der Waals surface area contributed by atoms with E-state index in [1.165, 1.54) is 0 Å². The van der Waals surface area contributed by atoms with Gasteiger partial charge in [0.05, 0.1) is 6.20 Å². The van der Waals surface area contributed by atoms with E-state index in [4.69, 9.17) is 9.15 Å². The molecule has 3 heterocycles. The Hall–Kier alpha value is -1.59. The van der Waals surface area contributed by atoms with Crippen molar-refractivity contribution in [2.24, 2.45) is 5.92 Å². The highest BCUT2D eigenvalue weighted by Gasteiger charge is 2.14. The van der Waals surface area contributed by atoms with Crippen molar-refractivity contribution in [3.63, 3.8) is 0 Å². The van der Waals surface area contributed by atoms with Crippen molar-refractivity contribution >= 4 is 0 Å². The first kappa shape index (κ1) is 13.4. The second-order valence-corrected chi connectivity index (χ2v) is 5.37. The molecule has 2 aromatic heterocycles. The molecular weight excluding hydrogens is 254 g/mol. The summed E-state index contributed by atoms with van der Waals surface area (Å²) in [5.74, 6) is 2.49. The predicted octanol–water partition coefficient (Wildman–Crippen LogP) is 2.49. The Morgan fingerprint density at radius 3 is 2.95 bits per heavy atom. The number of aryl methyl sites for hydroxylation is 1. The number of rotatable bonds is 5. The predicted molar refractivity (Wildman–Crippen MR) is 76.3 cm³/mol. The van der Waals surface area contributed by atoms with Gasteiger partial charge in [0.25, 0.3) is 0 Å². The molecule has 0 aromatic carbocycles. The Balaban J connectivity index is 1.56. The Kier molecular flexibility index (Phi) is 4.18. The molecule has 0 unspecified atom stereocenters. The molecule has 5 nitrogen and oxygen atoms in total. The lowest BCUT2D eigenvalue weighted by atomic mass is 10.0. The molecule has 5 heteroatoms. The molecule has 20 heavy (non-hydrogen) atoms. The quantitative estimate of drug-likeness (QED) is 0.880. The summed E-state index contributed by atoms with van der Waals surface area (Å²) in [6.45, 7) is 5.58. The molecule has 2 N–H and O–H groups in total. The fourth-order valence-electron chi connectivity index (χ4n) is 2.59. The molecule has 0 spiro atoms. The first-order valence-electron chi connectivity index (χ1n) is 7.20. The first-order chi connectivity index (χ1) is 9.83. The van der Waals surface area contributed by atoms with E-state index in [0.717, 1.165) is 67.8 Å². The van der Waals surface area contributed by atoms with Gasteiger partial charge in [0.15, 0.2) is 5.76 Å². The van der Waals surface area contributed by atoms with Crippen molar-refractivity contribution in [1.29, 1.82) is 0 Å². The van der Waals surface area contributed by atoms with Gasteiger partial charge in [-0.3, -0.25) is 5.10 Å². The van der Waals surface area contributed by atoms with E-state index in [9.17, 15) is 0 Å². The average Bonchev–Trinajstić information content (AvgIpc) is 3.09. The second kappa shape index (κ2) is 6.24. The van der Waals surface area contributed by atoms with Crippen LogP contribution in [0, 0.1) is 12.8 Å². The molecule has 108 valence electrons. The van der Waals surface area contributed by atoms with E-state index in [0.29, 0.717) is 0 Å². The number of H-pyrrole nitrogens is 1. The minimum atomic E-state index is 0.727. The number of hydrogen-bond donors (Lipinski definition) is 2. The van der Waals surface area contributed by atoms with E-state index in [-0.39, 0.29) is 0 Å². The molecule has 0 atom stereocenters. The molecule has 0 amide bonds. The zero-order valence-electron chi connectivity index (χ0n) is 11.8. The standard InChI is InChI=1S/C15H21N3O2/c1-11-2-3-14(20-11)15-13(10-17-18-15)9-16-8-12-4-6-19-7-5-12/h2-3,10,12,16H,4-9H2,1H3,(H,17,18). The monoisotopic (exact) mass is 275 g/mol. The van der Waals surface area contributed by atoms with Gasteiger partial charge in [-0.15, -0.1) is 0 Å². The van der Waals surface area contributed by atoms with Gasteiger partial charge in [-0.2, -0.15) is 5.10 Å². The maximum Gasteiger partial charge on any atom is 0.152 e. The largest absolute Gasteiger partial charge is 0.460 e. The Morgan fingerprint density at radius 1 is 1.35 bits per heavy atom. The summed E-state index contributed by atoms with van der Waals surface area (Å²) in [6.07, 6.45) is 4.18. The summed E-state index contributed by atoms with van der Waals surface area (Å²) in [4.78, 5) is 0. The highest BCUT2D eigenvalue weighted by Crippen LogP contribution is 2.23. The van der Waals surface area contributed by atoms with Gasteiger partial charge in [-0.1, -0.05) is 0 Å². The normalized spacial score (nSPS) is 16.6. The Bertz CT molecular complexity index is 541. The van der Waals surface area contributed by atoms with E-state index in [2.05, 4.69) is 15.5 Å². The van der Waals surface area contributed by atoms with Crippen molar-refractivity contribution < 1.29 is 9.15 Å². The molecule has 0 aliphatic carbocycles. The number of aromatic nitrogens is 2. The third-order valence-corrected chi connectivity index (χ3v) is 3.79. The highest BCUT2D eigenvalue weighted by molar-refractivity contribution is 5.56. The molecule has 1 saturated heterocycles. The average molecular weight is 275 g/mol. The highest BCUT2D eigenvalue weighted by atomic mass is 16.5. The third-order valence-electron chi connectivity index (χ3n) is 3.79. The van der Waals surface area contributed by atoms with Gasteiger partial charge in [-0.25, -0.2) is 0 Å².